The van der Waals surface area contributed by atoms with Crippen molar-refractivity contribution < 1.29 is 9.90 Å². The molecule has 0 bridgehead atoms. The van der Waals surface area contributed by atoms with E-state index < -0.39 is 6.10 Å². The third-order valence-electron chi connectivity index (χ3n) is 3.50. The van der Waals surface area contributed by atoms with Gasteiger partial charge in [-0.15, -0.1) is 0 Å². The highest BCUT2D eigenvalue weighted by molar-refractivity contribution is 7.99. The van der Waals surface area contributed by atoms with Crippen LogP contribution < -0.4 is 5.32 Å². The third kappa shape index (κ3) is 4.25. The second-order valence-electron chi connectivity index (χ2n) is 5.07. The van der Waals surface area contributed by atoms with Crippen LogP contribution in [0.5, 0.6) is 0 Å². The lowest BCUT2D eigenvalue weighted by molar-refractivity contribution is -0.117. The summed E-state index contributed by atoms with van der Waals surface area (Å²) < 4.78 is 0. The molecule has 1 fully saturated rings. The third-order valence-corrected chi connectivity index (χ3v) is 4.55. The maximum Gasteiger partial charge on any atom is 0.224 e. The number of amides is 1. The first kappa shape index (κ1) is 14.4. The molecule has 19 heavy (non-hydrogen) atoms. The highest BCUT2D eigenvalue weighted by Crippen LogP contribution is 2.27. The Bertz CT molecular complexity index is 428. The van der Waals surface area contributed by atoms with E-state index in [4.69, 9.17) is 0 Å². The van der Waals surface area contributed by atoms with Crippen molar-refractivity contribution in [3.8, 4) is 0 Å². The number of aliphatic hydroxyl groups is 1. The highest BCUT2D eigenvalue weighted by Gasteiger charge is 2.18. The SMILES string of the molecule is CC(O)c1ccccc1NC(=O)CC1CCSCC1. The van der Waals surface area contributed by atoms with Gasteiger partial charge in [-0.3, -0.25) is 4.79 Å². The number of rotatable bonds is 4. The Hall–Kier alpha value is -1.000. The average Bonchev–Trinajstić information content (AvgIpc) is 2.40. The number of hydrogen-bond donors (Lipinski definition) is 2. The molecule has 1 atom stereocenters. The highest BCUT2D eigenvalue weighted by atomic mass is 32.2. The molecule has 1 aromatic carbocycles. The van der Waals surface area contributed by atoms with E-state index in [-0.39, 0.29) is 5.91 Å². The smallest absolute Gasteiger partial charge is 0.224 e. The van der Waals surface area contributed by atoms with Crippen molar-refractivity contribution in [1.82, 2.24) is 0 Å². The van der Waals surface area contributed by atoms with Crippen molar-refractivity contribution in [2.45, 2.75) is 32.3 Å². The summed E-state index contributed by atoms with van der Waals surface area (Å²) in [6, 6.07) is 7.43. The Morgan fingerprint density at radius 2 is 2.11 bits per heavy atom. The predicted octanol–water partition coefficient (Wildman–Crippen LogP) is 3.21. The van der Waals surface area contributed by atoms with Crippen LogP contribution in [0, 0.1) is 5.92 Å². The minimum Gasteiger partial charge on any atom is -0.389 e. The van der Waals surface area contributed by atoms with Gasteiger partial charge >= 0.3 is 0 Å². The van der Waals surface area contributed by atoms with Gasteiger partial charge in [0.25, 0.3) is 0 Å². The van der Waals surface area contributed by atoms with Crippen LogP contribution in [0.15, 0.2) is 24.3 Å². The molecule has 4 heteroatoms. The lowest BCUT2D eigenvalue weighted by atomic mass is 9.98. The molecule has 0 radical (unpaired) electrons. The van der Waals surface area contributed by atoms with E-state index in [0.29, 0.717) is 12.3 Å². The van der Waals surface area contributed by atoms with Crippen LogP contribution in [-0.4, -0.2) is 22.5 Å². The second-order valence-corrected chi connectivity index (χ2v) is 6.30. The molecule has 1 aromatic rings. The zero-order valence-electron chi connectivity index (χ0n) is 11.3. The number of para-hydroxylation sites is 1. The normalized spacial score (nSPS) is 18.0. The molecule has 1 heterocycles. The molecule has 1 unspecified atom stereocenters. The molecular formula is C15H21NO2S. The summed E-state index contributed by atoms with van der Waals surface area (Å²) in [6.07, 6.45) is 2.30. The van der Waals surface area contributed by atoms with E-state index in [1.165, 1.54) is 11.5 Å². The van der Waals surface area contributed by atoms with Crippen LogP contribution in [0.4, 0.5) is 5.69 Å². The van der Waals surface area contributed by atoms with E-state index in [1.807, 2.05) is 36.0 Å². The Morgan fingerprint density at radius 3 is 2.79 bits per heavy atom. The topological polar surface area (TPSA) is 49.3 Å². The van der Waals surface area contributed by atoms with Crippen molar-refractivity contribution in [3.05, 3.63) is 29.8 Å². The summed E-state index contributed by atoms with van der Waals surface area (Å²) in [4.78, 5) is 12.1. The molecule has 0 saturated carbocycles. The van der Waals surface area contributed by atoms with Gasteiger partial charge in [0, 0.05) is 17.7 Å². The van der Waals surface area contributed by atoms with Gasteiger partial charge < -0.3 is 10.4 Å². The maximum absolute atomic E-state index is 12.1. The van der Waals surface area contributed by atoms with Crippen molar-refractivity contribution in [1.29, 1.82) is 0 Å². The van der Waals surface area contributed by atoms with Gasteiger partial charge in [0.15, 0.2) is 0 Å². The van der Waals surface area contributed by atoms with Crippen molar-refractivity contribution in [2.24, 2.45) is 5.92 Å². The monoisotopic (exact) mass is 279 g/mol. The largest absolute Gasteiger partial charge is 0.389 e. The standard InChI is InChI=1S/C15H21NO2S/c1-11(17)13-4-2-3-5-14(13)16-15(18)10-12-6-8-19-9-7-12/h2-5,11-12,17H,6-10H2,1H3,(H,16,18). The van der Waals surface area contributed by atoms with Crippen molar-refractivity contribution >= 4 is 23.4 Å². The molecule has 0 aromatic heterocycles. The van der Waals surface area contributed by atoms with E-state index in [0.717, 1.165) is 24.1 Å². The molecule has 104 valence electrons. The number of aliphatic hydroxyl groups excluding tert-OH is 1. The van der Waals surface area contributed by atoms with Gasteiger partial charge in [0.1, 0.15) is 0 Å². The van der Waals surface area contributed by atoms with Gasteiger partial charge in [-0.05, 0) is 43.3 Å². The zero-order chi connectivity index (χ0) is 13.7. The van der Waals surface area contributed by atoms with Crippen LogP contribution in [-0.2, 0) is 4.79 Å². The molecule has 1 amide bonds. The maximum atomic E-state index is 12.1. The zero-order valence-corrected chi connectivity index (χ0v) is 12.1. The Labute approximate surface area is 118 Å². The van der Waals surface area contributed by atoms with Crippen LogP contribution in [0.3, 0.4) is 0 Å². The summed E-state index contributed by atoms with van der Waals surface area (Å²) in [5.41, 5.74) is 1.50. The summed E-state index contributed by atoms with van der Waals surface area (Å²) in [5, 5.41) is 12.6. The van der Waals surface area contributed by atoms with Crippen LogP contribution in [0.25, 0.3) is 0 Å². The second kappa shape index (κ2) is 6.96. The molecule has 3 nitrogen and oxygen atoms in total. The van der Waals surface area contributed by atoms with Crippen LogP contribution >= 0.6 is 11.8 Å². The average molecular weight is 279 g/mol. The number of thioether (sulfide) groups is 1. The number of nitrogens with one attached hydrogen (secondary N) is 1. The van der Waals surface area contributed by atoms with E-state index in [2.05, 4.69) is 5.32 Å². The summed E-state index contributed by atoms with van der Waals surface area (Å²) in [6.45, 7) is 1.71. The Kier molecular flexibility index (Phi) is 5.28. The van der Waals surface area contributed by atoms with E-state index >= 15 is 0 Å². The number of benzene rings is 1. The van der Waals surface area contributed by atoms with Gasteiger partial charge in [0.05, 0.1) is 6.10 Å². The lowest BCUT2D eigenvalue weighted by Crippen LogP contribution is -2.20. The number of anilines is 1. The Balaban J connectivity index is 1.94. The fourth-order valence-corrected chi connectivity index (χ4v) is 3.59. The van der Waals surface area contributed by atoms with Gasteiger partial charge in [-0.25, -0.2) is 0 Å². The quantitative estimate of drug-likeness (QED) is 0.889. The first-order valence-corrected chi connectivity index (χ1v) is 7.97. The predicted molar refractivity (Wildman–Crippen MR) is 80.4 cm³/mol. The lowest BCUT2D eigenvalue weighted by Gasteiger charge is -2.21. The number of carbonyl (C=O) groups is 1. The molecule has 0 aliphatic carbocycles. The van der Waals surface area contributed by atoms with Crippen molar-refractivity contribution in [2.75, 3.05) is 16.8 Å². The van der Waals surface area contributed by atoms with Crippen LogP contribution in [0.2, 0.25) is 0 Å². The molecule has 1 aliphatic heterocycles. The van der Waals surface area contributed by atoms with E-state index in [1.54, 1.807) is 6.92 Å². The van der Waals surface area contributed by atoms with Gasteiger partial charge in [-0.2, -0.15) is 11.8 Å². The van der Waals surface area contributed by atoms with Crippen LogP contribution in [0.1, 0.15) is 37.9 Å². The molecule has 1 aliphatic rings. The molecule has 2 N–H and O–H groups in total. The van der Waals surface area contributed by atoms with E-state index in [9.17, 15) is 9.90 Å². The summed E-state index contributed by atoms with van der Waals surface area (Å²) >= 11 is 1.97. The summed E-state index contributed by atoms with van der Waals surface area (Å²) in [7, 11) is 0. The van der Waals surface area contributed by atoms with Gasteiger partial charge in [0.2, 0.25) is 5.91 Å². The minimum atomic E-state index is -0.567. The number of carbonyl (C=O) groups excluding carboxylic acids is 1. The number of hydrogen-bond acceptors (Lipinski definition) is 3. The Morgan fingerprint density at radius 1 is 1.42 bits per heavy atom. The fourth-order valence-electron chi connectivity index (χ4n) is 2.39. The first-order chi connectivity index (χ1) is 9.16. The molecule has 0 spiro atoms. The fraction of sp³-hybridized carbons (Fsp3) is 0.533. The first-order valence-electron chi connectivity index (χ1n) is 6.81. The van der Waals surface area contributed by atoms with Crippen molar-refractivity contribution in [3.63, 3.8) is 0 Å². The van der Waals surface area contributed by atoms with Gasteiger partial charge in [-0.1, -0.05) is 18.2 Å². The minimum absolute atomic E-state index is 0.0602. The molecular weight excluding hydrogens is 258 g/mol. The molecule has 2 rings (SSSR count). The summed E-state index contributed by atoms with van der Waals surface area (Å²) in [5.74, 6) is 2.91. The molecule has 1 saturated heterocycles.